The minimum Gasteiger partial charge on any atom is -0.294 e. The Kier molecular flexibility index (Phi) is 5.35. The lowest BCUT2D eigenvalue weighted by molar-refractivity contribution is -0.134. The molecule has 4 heteroatoms. The molecule has 140 valence electrons. The molecule has 1 atom stereocenters. The first-order valence-corrected chi connectivity index (χ1v) is 9.94. The van der Waals surface area contributed by atoms with E-state index < -0.39 is 0 Å². The van der Waals surface area contributed by atoms with E-state index in [4.69, 9.17) is 5.10 Å². The van der Waals surface area contributed by atoms with E-state index in [0.717, 1.165) is 36.3 Å². The van der Waals surface area contributed by atoms with Gasteiger partial charge in [-0.1, -0.05) is 66.6 Å². The van der Waals surface area contributed by atoms with Crippen molar-refractivity contribution >= 4 is 11.6 Å². The quantitative estimate of drug-likeness (QED) is 0.820. The Balaban J connectivity index is 1.59. The fourth-order valence-corrected chi connectivity index (χ4v) is 3.97. The molecule has 4 rings (SSSR count). The molecule has 2 aromatic carbocycles. The highest BCUT2D eigenvalue weighted by molar-refractivity contribution is 6.03. The first-order chi connectivity index (χ1) is 13.2. The van der Waals surface area contributed by atoms with E-state index in [-0.39, 0.29) is 11.9 Å². The van der Waals surface area contributed by atoms with Crippen molar-refractivity contribution in [1.82, 2.24) is 9.91 Å². The summed E-state index contributed by atoms with van der Waals surface area (Å²) in [5.74, 6) is 0.105. The van der Waals surface area contributed by atoms with Crippen LogP contribution in [-0.2, 0) is 4.79 Å². The average Bonchev–Trinajstić information content (AvgIpc) is 3.16. The standard InChI is InChI=1S/C23H27N3O/c1-18-10-12-20(13-11-18)22-16-21(19-8-4-2-5-9-19)24-26(22)23(27)17-25-14-6-3-7-15-25/h2,4-5,8-13,22H,3,6-7,14-17H2,1H3. The third-order valence-electron chi connectivity index (χ3n) is 5.54. The number of aryl methyl sites for hydroxylation is 1. The number of carbonyl (C=O) groups is 1. The summed E-state index contributed by atoms with van der Waals surface area (Å²) in [4.78, 5) is 15.4. The predicted molar refractivity (Wildman–Crippen MR) is 109 cm³/mol. The molecular formula is C23H27N3O. The van der Waals surface area contributed by atoms with E-state index >= 15 is 0 Å². The van der Waals surface area contributed by atoms with Gasteiger partial charge in [-0.3, -0.25) is 9.69 Å². The van der Waals surface area contributed by atoms with E-state index in [9.17, 15) is 4.79 Å². The van der Waals surface area contributed by atoms with Gasteiger partial charge in [-0.15, -0.1) is 0 Å². The Morgan fingerprint density at radius 3 is 2.41 bits per heavy atom. The van der Waals surface area contributed by atoms with Gasteiger partial charge in [0.25, 0.3) is 5.91 Å². The second-order valence-corrected chi connectivity index (χ2v) is 7.62. The van der Waals surface area contributed by atoms with Gasteiger partial charge in [0.05, 0.1) is 18.3 Å². The van der Waals surface area contributed by atoms with Crippen LogP contribution in [0.25, 0.3) is 0 Å². The van der Waals surface area contributed by atoms with Crippen LogP contribution in [0.15, 0.2) is 59.7 Å². The van der Waals surface area contributed by atoms with Crippen LogP contribution >= 0.6 is 0 Å². The molecule has 0 N–H and O–H groups in total. The Morgan fingerprint density at radius 2 is 1.70 bits per heavy atom. The molecule has 0 aliphatic carbocycles. The van der Waals surface area contributed by atoms with E-state index in [0.29, 0.717) is 6.54 Å². The van der Waals surface area contributed by atoms with Crippen LogP contribution in [0.1, 0.15) is 48.4 Å². The summed E-state index contributed by atoms with van der Waals surface area (Å²) in [6, 6.07) is 18.7. The number of benzene rings is 2. The highest BCUT2D eigenvalue weighted by Gasteiger charge is 2.33. The van der Waals surface area contributed by atoms with Crippen LogP contribution in [-0.4, -0.2) is 41.2 Å². The molecule has 0 aromatic heterocycles. The van der Waals surface area contributed by atoms with Crippen LogP contribution in [0.3, 0.4) is 0 Å². The maximum Gasteiger partial charge on any atom is 0.257 e. The number of amides is 1. The summed E-state index contributed by atoms with van der Waals surface area (Å²) in [7, 11) is 0. The van der Waals surface area contributed by atoms with Gasteiger partial charge < -0.3 is 0 Å². The first kappa shape index (κ1) is 17.9. The topological polar surface area (TPSA) is 35.9 Å². The maximum atomic E-state index is 13.1. The zero-order valence-electron chi connectivity index (χ0n) is 16.0. The van der Waals surface area contributed by atoms with Crippen LogP contribution in [0.2, 0.25) is 0 Å². The highest BCUT2D eigenvalue weighted by Crippen LogP contribution is 2.33. The summed E-state index contributed by atoms with van der Waals surface area (Å²) in [5, 5.41) is 6.52. The van der Waals surface area contributed by atoms with Gasteiger partial charge in [0, 0.05) is 6.42 Å². The van der Waals surface area contributed by atoms with E-state index in [1.165, 1.54) is 24.8 Å². The average molecular weight is 361 g/mol. The molecule has 4 nitrogen and oxygen atoms in total. The molecule has 27 heavy (non-hydrogen) atoms. The lowest BCUT2D eigenvalue weighted by Gasteiger charge is -2.29. The number of carbonyl (C=O) groups excluding carboxylic acids is 1. The van der Waals surface area contributed by atoms with Crippen molar-refractivity contribution in [2.24, 2.45) is 5.10 Å². The van der Waals surface area contributed by atoms with Crippen LogP contribution in [0.4, 0.5) is 0 Å². The minimum atomic E-state index is -0.0157. The molecule has 1 saturated heterocycles. The Morgan fingerprint density at radius 1 is 1.00 bits per heavy atom. The van der Waals surface area contributed by atoms with Gasteiger partial charge in [0.2, 0.25) is 0 Å². The number of likely N-dealkylation sites (tertiary alicyclic amines) is 1. The Bertz CT molecular complexity index is 807. The number of hydrogen-bond donors (Lipinski definition) is 0. The van der Waals surface area contributed by atoms with Gasteiger partial charge in [-0.2, -0.15) is 5.10 Å². The molecule has 2 aliphatic heterocycles. The zero-order valence-corrected chi connectivity index (χ0v) is 16.0. The minimum absolute atomic E-state index is 0.0157. The molecule has 2 heterocycles. The third-order valence-corrected chi connectivity index (χ3v) is 5.54. The van der Waals surface area contributed by atoms with Crippen molar-refractivity contribution < 1.29 is 4.79 Å². The molecule has 1 amide bonds. The van der Waals surface area contributed by atoms with Crippen LogP contribution in [0, 0.1) is 6.92 Å². The summed E-state index contributed by atoms with van der Waals surface area (Å²) < 4.78 is 0. The first-order valence-electron chi connectivity index (χ1n) is 9.94. The van der Waals surface area contributed by atoms with Crippen molar-refractivity contribution in [2.75, 3.05) is 19.6 Å². The lowest BCUT2D eigenvalue weighted by atomic mass is 9.97. The monoisotopic (exact) mass is 361 g/mol. The molecule has 1 fully saturated rings. The van der Waals surface area contributed by atoms with E-state index in [2.05, 4.69) is 48.2 Å². The van der Waals surface area contributed by atoms with Gasteiger partial charge in [-0.25, -0.2) is 5.01 Å². The number of nitrogens with zero attached hydrogens (tertiary/aromatic N) is 3. The highest BCUT2D eigenvalue weighted by atomic mass is 16.2. The maximum absolute atomic E-state index is 13.1. The lowest BCUT2D eigenvalue weighted by Crippen LogP contribution is -2.40. The van der Waals surface area contributed by atoms with Crippen molar-refractivity contribution in [3.05, 3.63) is 71.3 Å². The molecular weight excluding hydrogens is 334 g/mol. The fourth-order valence-electron chi connectivity index (χ4n) is 3.97. The van der Waals surface area contributed by atoms with Crippen molar-refractivity contribution in [3.8, 4) is 0 Å². The summed E-state index contributed by atoms with van der Waals surface area (Å²) in [6.07, 6.45) is 4.41. The van der Waals surface area contributed by atoms with E-state index in [1.807, 2.05) is 18.2 Å². The van der Waals surface area contributed by atoms with Gasteiger partial charge in [-0.05, 0) is 44.0 Å². The van der Waals surface area contributed by atoms with Gasteiger partial charge in [0.15, 0.2) is 0 Å². The van der Waals surface area contributed by atoms with E-state index in [1.54, 1.807) is 5.01 Å². The molecule has 0 bridgehead atoms. The van der Waals surface area contributed by atoms with Crippen LogP contribution in [0.5, 0.6) is 0 Å². The van der Waals surface area contributed by atoms with Gasteiger partial charge in [0.1, 0.15) is 0 Å². The number of piperidine rings is 1. The molecule has 0 spiro atoms. The second-order valence-electron chi connectivity index (χ2n) is 7.62. The van der Waals surface area contributed by atoms with Gasteiger partial charge >= 0.3 is 0 Å². The zero-order chi connectivity index (χ0) is 18.6. The Labute approximate surface area is 161 Å². The van der Waals surface area contributed by atoms with Crippen molar-refractivity contribution in [1.29, 1.82) is 0 Å². The molecule has 0 saturated carbocycles. The molecule has 0 radical (unpaired) electrons. The van der Waals surface area contributed by atoms with Crippen molar-refractivity contribution in [3.63, 3.8) is 0 Å². The number of hydrazone groups is 1. The molecule has 1 unspecified atom stereocenters. The summed E-state index contributed by atoms with van der Waals surface area (Å²) in [5.41, 5.74) is 4.48. The number of rotatable bonds is 4. The summed E-state index contributed by atoms with van der Waals surface area (Å²) in [6.45, 7) is 4.59. The normalized spacial score (nSPS) is 20.6. The number of hydrogen-bond acceptors (Lipinski definition) is 3. The third kappa shape index (κ3) is 4.11. The molecule has 2 aliphatic rings. The largest absolute Gasteiger partial charge is 0.294 e. The van der Waals surface area contributed by atoms with Crippen molar-refractivity contribution in [2.45, 2.75) is 38.6 Å². The smallest absolute Gasteiger partial charge is 0.257 e. The second kappa shape index (κ2) is 8.05. The predicted octanol–water partition coefficient (Wildman–Crippen LogP) is 4.16. The SMILES string of the molecule is Cc1ccc(C2CC(c3ccccc3)=NN2C(=O)CN2CCCCC2)cc1. The summed E-state index contributed by atoms with van der Waals surface area (Å²) >= 11 is 0. The molecule has 2 aromatic rings. The fraction of sp³-hybridized carbons (Fsp3) is 0.391. The van der Waals surface area contributed by atoms with Crippen LogP contribution < -0.4 is 0 Å². The Hall–Kier alpha value is -2.46.